The molecule has 5 nitrogen and oxygen atoms in total. The molecular formula is C16H20O5S. The van der Waals surface area contributed by atoms with Crippen molar-refractivity contribution in [2.75, 3.05) is 0 Å². The summed E-state index contributed by atoms with van der Waals surface area (Å²) in [6.07, 6.45) is -1.42. The van der Waals surface area contributed by atoms with Crippen molar-refractivity contribution in [3.05, 3.63) is 30.3 Å². The quantitative estimate of drug-likeness (QED) is 0.856. The molecule has 22 heavy (non-hydrogen) atoms. The lowest BCUT2D eigenvalue weighted by atomic mass is 9.83. The van der Waals surface area contributed by atoms with E-state index in [1.54, 1.807) is 6.92 Å². The van der Waals surface area contributed by atoms with E-state index in [-0.39, 0.29) is 11.9 Å². The molecule has 120 valence electrons. The third-order valence-electron chi connectivity index (χ3n) is 3.76. The van der Waals surface area contributed by atoms with E-state index >= 15 is 0 Å². The Kier molecular flexibility index (Phi) is 5.26. The summed E-state index contributed by atoms with van der Waals surface area (Å²) in [7, 11) is 0. The van der Waals surface area contributed by atoms with Crippen molar-refractivity contribution in [2.45, 2.75) is 55.3 Å². The van der Waals surface area contributed by atoms with Gasteiger partial charge >= 0.3 is 5.97 Å². The van der Waals surface area contributed by atoms with Crippen molar-refractivity contribution in [3.8, 4) is 0 Å². The Morgan fingerprint density at radius 1 is 1.32 bits per heavy atom. The molecule has 0 saturated carbocycles. The second kappa shape index (κ2) is 6.81. The van der Waals surface area contributed by atoms with Gasteiger partial charge in [0.15, 0.2) is 11.4 Å². The first kappa shape index (κ1) is 17.0. The van der Waals surface area contributed by atoms with E-state index in [0.717, 1.165) is 4.90 Å². The van der Waals surface area contributed by atoms with Gasteiger partial charge in [-0.2, -0.15) is 0 Å². The van der Waals surface area contributed by atoms with Crippen LogP contribution < -0.4 is 0 Å². The normalized spacial score (nSPS) is 31.5. The van der Waals surface area contributed by atoms with E-state index in [2.05, 4.69) is 0 Å². The van der Waals surface area contributed by atoms with Crippen LogP contribution in [0, 0.1) is 0 Å². The molecule has 0 aliphatic carbocycles. The number of rotatable bonds is 4. The van der Waals surface area contributed by atoms with E-state index in [9.17, 15) is 14.7 Å². The van der Waals surface area contributed by atoms with Crippen molar-refractivity contribution < 1.29 is 24.2 Å². The number of hydrogen-bond acceptors (Lipinski definition) is 6. The second-order valence-corrected chi connectivity index (χ2v) is 6.59. The first-order valence-corrected chi connectivity index (χ1v) is 7.99. The van der Waals surface area contributed by atoms with Crippen LogP contribution in [0.4, 0.5) is 0 Å². The fourth-order valence-corrected chi connectivity index (χ4v) is 3.69. The van der Waals surface area contributed by atoms with Gasteiger partial charge in [0, 0.05) is 18.2 Å². The zero-order valence-corrected chi connectivity index (χ0v) is 13.6. The summed E-state index contributed by atoms with van der Waals surface area (Å²) >= 11 is 1.48. The van der Waals surface area contributed by atoms with E-state index in [1.807, 2.05) is 30.3 Å². The standard InChI is InChI=1S/C16H20O5S/c1-10(17)16(19)11(2)20-15(9-14(16)21-12(3)18)22-13-7-5-4-6-8-13/h4-8,11,14-15,19H,9H2,1-3H3/t11-,14+,15+,16+/m0/s1. The molecule has 6 heteroatoms. The largest absolute Gasteiger partial charge is 0.459 e. The number of benzene rings is 1. The molecule has 1 heterocycles. The maximum Gasteiger partial charge on any atom is 0.303 e. The molecule has 1 saturated heterocycles. The van der Waals surface area contributed by atoms with Gasteiger partial charge in [-0.3, -0.25) is 9.59 Å². The summed E-state index contributed by atoms with van der Waals surface area (Å²) in [4.78, 5) is 24.2. The number of ether oxygens (including phenoxy) is 2. The SMILES string of the molecule is CC(=O)O[C@@H]1C[C@@H](Sc2ccccc2)O[C@@H](C)[C@]1(O)C(C)=O. The predicted octanol–water partition coefficient (Wildman–Crippen LogP) is 2.17. The highest BCUT2D eigenvalue weighted by atomic mass is 32.2. The summed E-state index contributed by atoms with van der Waals surface area (Å²) in [5.41, 5.74) is -2.11. The van der Waals surface area contributed by atoms with Crippen LogP contribution >= 0.6 is 11.8 Å². The lowest BCUT2D eigenvalue weighted by Gasteiger charge is -2.44. The molecule has 1 fully saturated rings. The van der Waals surface area contributed by atoms with Crippen molar-refractivity contribution in [1.82, 2.24) is 0 Å². The van der Waals surface area contributed by atoms with Gasteiger partial charge in [0.25, 0.3) is 0 Å². The fourth-order valence-electron chi connectivity index (χ4n) is 2.58. The number of esters is 1. The summed E-state index contributed by atoms with van der Waals surface area (Å²) in [6.45, 7) is 4.16. The van der Waals surface area contributed by atoms with Gasteiger partial charge in [-0.05, 0) is 26.0 Å². The Morgan fingerprint density at radius 2 is 1.95 bits per heavy atom. The van der Waals surface area contributed by atoms with Gasteiger partial charge in [-0.25, -0.2) is 0 Å². The minimum atomic E-state index is -1.81. The molecule has 1 N–H and O–H groups in total. The summed E-state index contributed by atoms with van der Waals surface area (Å²) in [6, 6.07) is 9.66. The lowest BCUT2D eigenvalue weighted by Crippen LogP contribution is -2.62. The van der Waals surface area contributed by atoms with Crippen LogP contribution in [0.15, 0.2) is 35.2 Å². The predicted molar refractivity (Wildman–Crippen MR) is 82.4 cm³/mol. The van der Waals surface area contributed by atoms with E-state index in [4.69, 9.17) is 9.47 Å². The Morgan fingerprint density at radius 3 is 2.50 bits per heavy atom. The molecule has 1 aromatic rings. The third kappa shape index (κ3) is 3.51. The topological polar surface area (TPSA) is 72.8 Å². The van der Waals surface area contributed by atoms with Gasteiger partial charge in [-0.1, -0.05) is 30.0 Å². The van der Waals surface area contributed by atoms with Crippen molar-refractivity contribution in [2.24, 2.45) is 0 Å². The maximum absolute atomic E-state index is 11.9. The number of carbonyl (C=O) groups excluding carboxylic acids is 2. The van der Waals surface area contributed by atoms with Gasteiger partial charge in [-0.15, -0.1) is 0 Å². The zero-order valence-electron chi connectivity index (χ0n) is 12.8. The van der Waals surface area contributed by atoms with Gasteiger partial charge in [0.05, 0.1) is 6.10 Å². The molecule has 0 unspecified atom stereocenters. The molecular weight excluding hydrogens is 304 g/mol. The third-order valence-corrected chi connectivity index (χ3v) is 4.87. The maximum atomic E-state index is 11.9. The highest BCUT2D eigenvalue weighted by Gasteiger charge is 2.54. The number of hydrogen-bond donors (Lipinski definition) is 1. The highest BCUT2D eigenvalue weighted by molar-refractivity contribution is 7.99. The molecule has 1 aliphatic heterocycles. The number of aliphatic hydroxyl groups is 1. The molecule has 0 radical (unpaired) electrons. The zero-order chi connectivity index (χ0) is 16.3. The van der Waals surface area contributed by atoms with Crippen LogP contribution in [-0.4, -0.2) is 40.1 Å². The van der Waals surface area contributed by atoms with Crippen molar-refractivity contribution >= 4 is 23.5 Å². The average Bonchev–Trinajstić information content (AvgIpc) is 2.44. The Bertz CT molecular complexity index is 547. The fraction of sp³-hybridized carbons (Fsp3) is 0.500. The molecule has 0 amide bonds. The number of Topliss-reactive ketones (excluding diaryl/α,β-unsaturated/α-hetero) is 1. The van der Waals surface area contributed by atoms with Gasteiger partial charge in [0.1, 0.15) is 11.5 Å². The second-order valence-electron chi connectivity index (χ2n) is 5.35. The van der Waals surface area contributed by atoms with E-state index in [0.29, 0.717) is 0 Å². The van der Waals surface area contributed by atoms with Crippen molar-refractivity contribution in [1.29, 1.82) is 0 Å². The average molecular weight is 324 g/mol. The monoisotopic (exact) mass is 324 g/mol. The molecule has 4 atom stereocenters. The van der Waals surface area contributed by atoms with Crippen LogP contribution in [0.25, 0.3) is 0 Å². The summed E-state index contributed by atoms with van der Waals surface area (Å²) in [5, 5.41) is 10.6. The van der Waals surface area contributed by atoms with E-state index in [1.165, 1.54) is 25.6 Å². The molecule has 1 aromatic carbocycles. The van der Waals surface area contributed by atoms with Crippen LogP contribution in [0.2, 0.25) is 0 Å². The number of thioether (sulfide) groups is 1. The molecule has 2 rings (SSSR count). The molecule has 0 bridgehead atoms. The molecule has 0 aromatic heterocycles. The lowest BCUT2D eigenvalue weighted by molar-refractivity contribution is -0.214. The van der Waals surface area contributed by atoms with Crippen LogP contribution in [0.1, 0.15) is 27.2 Å². The van der Waals surface area contributed by atoms with Crippen molar-refractivity contribution in [3.63, 3.8) is 0 Å². The van der Waals surface area contributed by atoms with Crippen LogP contribution in [-0.2, 0) is 19.1 Å². The first-order chi connectivity index (χ1) is 10.3. The number of ketones is 1. The Balaban J connectivity index is 2.18. The number of carbonyl (C=O) groups is 2. The highest BCUT2D eigenvalue weighted by Crippen LogP contribution is 2.38. The Labute approximate surface area is 134 Å². The van der Waals surface area contributed by atoms with Gasteiger partial charge in [0.2, 0.25) is 0 Å². The summed E-state index contributed by atoms with van der Waals surface area (Å²) < 4.78 is 11.0. The summed E-state index contributed by atoms with van der Waals surface area (Å²) in [5.74, 6) is -0.989. The Hall–Kier alpha value is -1.37. The molecule has 1 aliphatic rings. The van der Waals surface area contributed by atoms with E-state index < -0.39 is 29.6 Å². The van der Waals surface area contributed by atoms with Gasteiger partial charge < -0.3 is 14.6 Å². The minimum Gasteiger partial charge on any atom is -0.459 e. The van der Waals surface area contributed by atoms with Crippen LogP contribution in [0.3, 0.4) is 0 Å². The van der Waals surface area contributed by atoms with Crippen LogP contribution in [0.5, 0.6) is 0 Å². The first-order valence-electron chi connectivity index (χ1n) is 7.11. The molecule has 0 spiro atoms. The minimum absolute atomic E-state index is 0.250. The smallest absolute Gasteiger partial charge is 0.303 e.